The Morgan fingerprint density at radius 2 is 1.83 bits per heavy atom. The van der Waals surface area contributed by atoms with Crippen molar-refractivity contribution >= 4 is 11.8 Å². The van der Waals surface area contributed by atoms with Crippen LogP contribution in [0.1, 0.15) is 57.4 Å². The van der Waals surface area contributed by atoms with E-state index in [1.165, 1.54) is 18.1 Å². The first-order valence-corrected chi connectivity index (χ1v) is 8.60. The first kappa shape index (κ1) is 16.0. The molecule has 1 fully saturated rings. The van der Waals surface area contributed by atoms with Gasteiger partial charge in [-0.3, -0.25) is 9.59 Å². The van der Waals surface area contributed by atoms with E-state index in [-0.39, 0.29) is 5.97 Å². The molecule has 0 aromatic heterocycles. The monoisotopic (exact) mass is 312 g/mol. The van der Waals surface area contributed by atoms with Gasteiger partial charge in [0.05, 0.1) is 0 Å². The lowest BCUT2D eigenvalue weighted by Gasteiger charge is -2.41. The van der Waals surface area contributed by atoms with E-state index < -0.39 is 0 Å². The second kappa shape index (κ2) is 6.69. The number of esters is 1. The van der Waals surface area contributed by atoms with Crippen LogP contribution in [-0.4, -0.2) is 11.8 Å². The van der Waals surface area contributed by atoms with E-state index in [0.29, 0.717) is 35.7 Å². The molecule has 0 heterocycles. The third-order valence-electron chi connectivity index (χ3n) is 5.34. The molecular formula is C20H24O3. The van der Waals surface area contributed by atoms with Crippen molar-refractivity contribution < 1.29 is 14.3 Å². The van der Waals surface area contributed by atoms with E-state index in [0.717, 1.165) is 25.7 Å². The summed E-state index contributed by atoms with van der Waals surface area (Å²) in [4.78, 5) is 22.7. The lowest BCUT2D eigenvalue weighted by Crippen LogP contribution is -2.31. The number of ether oxygens (including phenoxy) is 1. The van der Waals surface area contributed by atoms with Gasteiger partial charge in [-0.1, -0.05) is 31.1 Å². The molecule has 1 aromatic rings. The summed E-state index contributed by atoms with van der Waals surface area (Å²) in [6.07, 6.45) is 6.88. The molecule has 2 aliphatic rings. The molecule has 122 valence electrons. The van der Waals surface area contributed by atoms with Crippen molar-refractivity contribution in [1.82, 2.24) is 0 Å². The van der Waals surface area contributed by atoms with E-state index in [1.54, 1.807) is 0 Å². The van der Waals surface area contributed by atoms with Crippen LogP contribution in [0, 0.1) is 11.8 Å². The van der Waals surface area contributed by atoms with Crippen LogP contribution in [0.3, 0.4) is 0 Å². The number of hydrogen-bond donors (Lipinski definition) is 0. The molecule has 0 spiro atoms. The molecule has 0 aliphatic heterocycles. The minimum atomic E-state index is -0.288. The van der Waals surface area contributed by atoms with Crippen molar-refractivity contribution in [2.45, 2.75) is 51.9 Å². The fraction of sp³-hybridized carbons (Fsp3) is 0.500. The minimum Gasteiger partial charge on any atom is -0.427 e. The molecule has 3 nitrogen and oxygen atoms in total. The predicted octanol–water partition coefficient (Wildman–Crippen LogP) is 4.42. The van der Waals surface area contributed by atoms with Gasteiger partial charge in [-0.25, -0.2) is 0 Å². The molecule has 0 bridgehead atoms. The highest BCUT2D eigenvalue weighted by molar-refractivity contribution is 5.91. The summed E-state index contributed by atoms with van der Waals surface area (Å²) in [5.74, 6) is 2.31. The molecule has 2 aliphatic carbocycles. The number of carbonyl (C=O) groups excluding carboxylic acids is 2. The summed E-state index contributed by atoms with van der Waals surface area (Å²) in [6.45, 7) is 3.67. The van der Waals surface area contributed by atoms with Crippen molar-refractivity contribution in [1.29, 1.82) is 0 Å². The zero-order chi connectivity index (χ0) is 16.4. The summed E-state index contributed by atoms with van der Waals surface area (Å²) < 4.78 is 5.12. The first-order chi connectivity index (χ1) is 11.1. The van der Waals surface area contributed by atoms with Crippen LogP contribution in [-0.2, 0) is 9.59 Å². The van der Waals surface area contributed by atoms with Crippen LogP contribution < -0.4 is 4.74 Å². The third-order valence-corrected chi connectivity index (χ3v) is 5.34. The summed E-state index contributed by atoms with van der Waals surface area (Å²) in [5, 5.41) is 0. The van der Waals surface area contributed by atoms with Gasteiger partial charge in [0.15, 0.2) is 5.78 Å². The lowest BCUT2D eigenvalue weighted by atomic mass is 9.63. The zero-order valence-electron chi connectivity index (χ0n) is 13.9. The van der Waals surface area contributed by atoms with Gasteiger partial charge in [-0.2, -0.15) is 0 Å². The summed E-state index contributed by atoms with van der Waals surface area (Å²) >= 11 is 0. The SMILES string of the molecule is CC[C@H]1[C@@H](c2ccc(OC(C)=O)cc2)CCC2=CC(=O)CC[C@@H]21. The van der Waals surface area contributed by atoms with E-state index in [1.807, 2.05) is 18.2 Å². The van der Waals surface area contributed by atoms with Gasteiger partial charge >= 0.3 is 5.97 Å². The molecule has 0 radical (unpaired) electrons. The Morgan fingerprint density at radius 1 is 1.13 bits per heavy atom. The maximum Gasteiger partial charge on any atom is 0.308 e. The molecule has 3 atom stereocenters. The summed E-state index contributed by atoms with van der Waals surface area (Å²) in [6, 6.07) is 7.96. The van der Waals surface area contributed by atoms with Gasteiger partial charge in [0.25, 0.3) is 0 Å². The van der Waals surface area contributed by atoms with Crippen molar-refractivity contribution in [3.63, 3.8) is 0 Å². The molecule has 0 saturated heterocycles. The lowest BCUT2D eigenvalue weighted by molar-refractivity contribution is -0.131. The summed E-state index contributed by atoms with van der Waals surface area (Å²) in [7, 11) is 0. The number of fused-ring (bicyclic) bond motifs is 1. The van der Waals surface area contributed by atoms with Crippen molar-refractivity contribution in [3.8, 4) is 5.75 Å². The van der Waals surface area contributed by atoms with Crippen molar-refractivity contribution in [2.24, 2.45) is 11.8 Å². The standard InChI is InChI=1S/C20H24O3/c1-3-18-19(10-6-15-12-16(22)7-11-20(15)18)14-4-8-17(9-5-14)23-13(2)21/h4-5,8-9,12,18-20H,3,6-7,10-11H2,1-2H3/t18-,19+,20-/m0/s1. The van der Waals surface area contributed by atoms with Gasteiger partial charge in [0.2, 0.25) is 0 Å². The molecule has 3 heteroatoms. The first-order valence-electron chi connectivity index (χ1n) is 8.60. The van der Waals surface area contributed by atoms with Crippen molar-refractivity contribution in [3.05, 3.63) is 41.5 Å². The molecule has 1 aromatic carbocycles. The Bertz CT molecular complexity index is 627. The zero-order valence-corrected chi connectivity index (χ0v) is 13.9. The molecule has 0 amide bonds. The smallest absolute Gasteiger partial charge is 0.308 e. The van der Waals surface area contributed by atoms with Gasteiger partial charge in [0.1, 0.15) is 5.75 Å². The van der Waals surface area contributed by atoms with Gasteiger partial charge in [-0.15, -0.1) is 0 Å². The highest BCUT2D eigenvalue weighted by Gasteiger charge is 2.37. The van der Waals surface area contributed by atoms with Crippen LogP contribution in [0.5, 0.6) is 5.75 Å². The molecule has 3 rings (SSSR count). The quantitative estimate of drug-likeness (QED) is 0.613. The minimum absolute atomic E-state index is 0.288. The molecule has 0 N–H and O–H groups in total. The Labute approximate surface area is 137 Å². The van der Waals surface area contributed by atoms with E-state index >= 15 is 0 Å². The Kier molecular flexibility index (Phi) is 4.65. The molecule has 23 heavy (non-hydrogen) atoms. The van der Waals surface area contributed by atoms with E-state index in [2.05, 4.69) is 19.1 Å². The van der Waals surface area contributed by atoms with Gasteiger partial charge in [-0.05, 0) is 60.8 Å². The van der Waals surface area contributed by atoms with Crippen LogP contribution in [0.2, 0.25) is 0 Å². The van der Waals surface area contributed by atoms with E-state index in [9.17, 15) is 9.59 Å². The highest BCUT2D eigenvalue weighted by atomic mass is 16.5. The molecule has 1 saturated carbocycles. The Balaban J connectivity index is 1.81. The second-order valence-electron chi connectivity index (χ2n) is 6.71. The summed E-state index contributed by atoms with van der Waals surface area (Å²) in [5.41, 5.74) is 2.70. The number of allylic oxidation sites excluding steroid dienone is 2. The second-order valence-corrected chi connectivity index (χ2v) is 6.71. The topological polar surface area (TPSA) is 43.4 Å². The normalized spacial score (nSPS) is 27.1. The van der Waals surface area contributed by atoms with Crippen molar-refractivity contribution in [2.75, 3.05) is 0 Å². The number of rotatable bonds is 3. The van der Waals surface area contributed by atoms with Gasteiger partial charge in [0, 0.05) is 13.3 Å². The van der Waals surface area contributed by atoms with Gasteiger partial charge < -0.3 is 4.74 Å². The number of hydrogen-bond acceptors (Lipinski definition) is 3. The fourth-order valence-electron chi connectivity index (χ4n) is 4.36. The number of benzene rings is 1. The Morgan fingerprint density at radius 3 is 2.48 bits per heavy atom. The van der Waals surface area contributed by atoms with E-state index in [4.69, 9.17) is 4.74 Å². The number of ketones is 1. The fourth-order valence-corrected chi connectivity index (χ4v) is 4.36. The molecule has 0 unspecified atom stereocenters. The van der Waals surface area contributed by atoms with Crippen LogP contribution in [0.25, 0.3) is 0 Å². The van der Waals surface area contributed by atoms with Crippen LogP contribution >= 0.6 is 0 Å². The average molecular weight is 312 g/mol. The largest absolute Gasteiger partial charge is 0.427 e. The highest BCUT2D eigenvalue weighted by Crippen LogP contribution is 2.48. The molecular weight excluding hydrogens is 288 g/mol. The maximum absolute atomic E-state index is 11.7. The third kappa shape index (κ3) is 3.39. The average Bonchev–Trinajstić information content (AvgIpc) is 2.54. The Hall–Kier alpha value is -1.90. The van der Waals surface area contributed by atoms with Crippen LogP contribution in [0.4, 0.5) is 0 Å². The van der Waals surface area contributed by atoms with Crippen LogP contribution in [0.15, 0.2) is 35.9 Å². The maximum atomic E-state index is 11.7. The predicted molar refractivity (Wildman–Crippen MR) is 89.3 cm³/mol. The number of carbonyl (C=O) groups is 2.